The van der Waals surface area contributed by atoms with Crippen molar-refractivity contribution in [3.05, 3.63) is 17.8 Å². The van der Waals surface area contributed by atoms with Gasteiger partial charge in [-0.15, -0.1) is 0 Å². The lowest BCUT2D eigenvalue weighted by atomic mass is 10.2. The average molecular weight is 233 g/mol. The van der Waals surface area contributed by atoms with E-state index in [1.165, 1.54) is 12.3 Å². The maximum Gasteiger partial charge on any atom is 0.239 e. The Bertz CT molecular complexity index is 450. The van der Waals surface area contributed by atoms with Gasteiger partial charge in [0.15, 0.2) is 0 Å². The number of pyridine rings is 1. The highest BCUT2D eigenvalue weighted by Crippen LogP contribution is 2.13. The molecule has 4 N–H and O–H groups in total. The third-order valence-electron chi connectivity index (χ3n) is 1.90. The molecule has 0 spiro atoms. The first-order valence-corrected chi connectivity index (χ1v) is 5.21. The summed E-state index contributed by atoms with van der Waals surface area (Å²) in [5.74, 6) is 0.211. The normalized spacial score (nSPS) is 9.76. The number of carbonyl (C=O) groups is 1. The molecule has 0 unspecified atom stereocenters. The van der Waals surface area contributed by atoms with Gasteiger partial charge in [-0.2, -0.15) is 5.26 Å². The number of nitrogens with zero attached hydrogens (tertiary/aromatic N) is 2. The number of aromatic nitrogens is 1. The highest BCUT2D eigenvalue weighted by molar-refractivity contribution is 5.81. The summed E-state index contributed by atoms with van der Waals surface area (Å²) in [6, 6.07) is 3.56. The lowest BCUT2D eigenvalue weighted by Gasteiger charge is -2.10. The van der Waals surface area contributed by atoms with Crippen LogP contribution >= 0.6 is 0 Å². The number of hydrogen-bond acceptors (Lipinski definition) is 5. The molecule has 0 aliphatic heterocycles. The number of hydrogen-bond donors (Lipinski definition) is 3. The summed E-state index contributed by atoms with van der Waals surface area (Å²) in [7, 11) is 0. The van der Waals surface area contributed by atoms with E-state index in [4.69, 9.17) is 11.0 Å². The van der Waals surface area contributed by atoms with Crippen LogP contribution in [-0.2, 0) is 4.79 Å². The molecular formula is C11H15N5O. The molecule has 0 fully saturated rings. The zero-order valence-corrected chi connectivity index (χ0v) is 9.82. The monoisotopic (exact) mass is 233 g/mol. The Balaban J connectivity index is 2.64. The maximum absolute atomic E-state index is 11.4. The molecule has 0 saturated carbocycles. The average Bonchev–Trinajstić information content (AvgIpc) is 2.26. The molecule has 6 heteroatoms. The number of nitrogen functional groups attached to an aromatic ring is 1. The summed E-state index contributed by atoms with van der Waals surface area (Å²) in [5.41, 5.74) is 6.24. The molecule has 17 heavy (non-hydrogen) atoms. The van der Waals surface area contributed by atoms with Gasteiger partial charge < -0.3 is 16.4 Å². The van der Waals surface area contributed by atoms with E-state index in [2.05, 4.69) is 15.6 Å². The van der Waals surface area contributed by atoms with E-state index in [0.717, 1.165) is 0 Å². The summed E-state index contributed by atoms with van der Waals surface area (Å²) in [4.78, 5) is 15.3. The largest absolute Gasteiger partial charge is 0.397 e. The maximum atomic E-state index is 11.4. The van der Waals surface area contributed by atoms with Gasteiger partial charge in [0, 0.05) is 6.04 Å². The third-order valence-corrected chi connectivity index (χ3v) is 1.90. The van der Waals surface area contributed by atoms with E-state index in [9.17, 15) is 4.79 Å². The first-order chi connectivity index (χ1) is 8.02. The van der Waals surface area contributed by atoms with Crippen LogP contribution in [0.25, 0.3) is 0 Å². The molecule has 90 valence electrons. The summed E-state index contributed by atoms with van der Waals surface area (Å²) < 4.78 is 0. The molecule has 0 saturated heterocycles. The van der Waals surface area contributed by atoms with Crippen LogP contribution in [0.1, 0.15) is 19.4 Å². The van der Waals surface area contributed by atoms with Crippen molar-refractivity contribution in [2.45, 2.75) is 19.9 Å². The Hall–Kier alpha value is -2.29. The summed E-state index contributed by atoms with van der Waals surface area (Å²) in [6.45, 7) is 3.82. The van der Waals surface area contributed by atoms with Gasteiger partial charge in [-0.25, -0.2) is 4.98 Å². The van der Waals surface area contributed by atoms with Crippen LogP contribution in [0.3, 0.4) is 0 Å². The van der Waals surface area contributed by atoms with Crippen LogP contribution in [0.4, 0.5) is 11.5 Å². The van der Waals surface area contributed by atoms with Crippen molar-refractivity contribution >= 4 is 17.4 Å². The highest BCUT2D eigenvalue weighted by atomic mass is 16.1. The standard InChI is InChI=1S/C11H15N5O/c1-7(2)16-10(17)6-15-11-8(4-12)3-9(13)5-14-11/h3,5,7H,6,13H2,1-2H3,(H,14,15)(H,16,17). The van der Waals surface area contributed by atoms with Crippen LogP contribution in [-0.4, -0.2) is 23.5 Å². The van der Waals surface area contributed by atoms with Gasteiger partial charge in [-0.05, 0) is 19.9 Å². The molecule has 1 aromatic rings. The third kappa shape index (κ3) is 3.99. The van der Waals surface area contributed by atoms with Crippen LogP contribution < -0.4 is 16.4 Å². The molecular weight excluding hydrogens is 218 g/mol. The van der Waals surface area contributed by atoms with Gasteiger partial charge >= 0.3 is 0 Å². The minimum atomic E-state index is -0.150. The van der Waals surface area contributed by atoms with Crippen molar-refractivity contribution in [2.75, 3.05) is 17.6 Å². The van der Waals surface area contributed by atoms with Gasteiger partial charge in [-0.3, -0.25) is 4.79 Å². The van der Waals surface area contributed by atoms with Crippen LogP contribution in [0, 0.1) is 11.3 Å². The molecule has 0 atom stereocenters. The van der Waals surface area contributed by atoms with Crippen molar-refractivity contribution in [3.8, 4) is 6.07 Å². The van der Waals surface area contributed by atoms with Gasteiger partial charge in [0.2, 0.25) is 5.91 Å². The Kier molecular flexibility index (Phi) is 4.29. The molecule has 0 bridgehead atoms. The van der Waals surface area contributed by atoms with E-state index in [0.29, 0.717) is 17.1 Å². The van der Waals surface area contributed by atoms with Crippen LogP contribution in [0.15, 0.2) is 12.3 Å². The second kappa shape index (κ2) is 5.70. The molecule has 0 radical (unpaired) electrons. The number of amides is 1. The molecule has 1 heterocycles. The van der Waals surface area contributed by atoms with Crippen LogP contribution in [0.2, 0.25) is 0 Å². The Morgan fingerprint density at radius 3 is 2.94 bits per heavy atom. The quantitative estimate of drug-likeness (QED) is 0.701. The van der Waals surface area contributed by atoms with Gasteiger partial charge in [-0.1, -0.05) is 0 Å². The Morgan fingerprint density at radius 2 is 2.35 bits per heavy atom. The van der Waals surface area contributed by atoms with E-state index in [1.54, 1.807) is 0 Å². The van der Waals surface area contributed by atoms with E-state index < -0.39 is 0 Å². The number of rotatable bonds is 4. The number of carbonyl (C=O) groups excluding carboxylic acids is 1. The molecule has 1 amide bonds. The molecule has 0 aromatic carbocycles. The van der Waals surface area contributed by atoms with Crippen molar-refractivity contribution < 1.29 is 4.79 Å². The lowest BCUT2D eigenvalue weighted by molar-refractivity contribution is -0.119. The fourth-order valence-corrected chi connectivity index (χ4v) is 1.24. The van der Waals surface area contributed by atoms with Gasteiger partial charge in [0.25, 0.3) is 0 Å². The van der Waals surface area contributed by atoms with E-state index >= 15 is 0 Å². The topological polar surface area (TPSA) is 104 Å². The summed E-state index contributed by atoms with van der Waals surface area (Å²) in [5, 5.41) is 14.4. The molecule has 6 nitrogen and oxygen atoms in total. The van der Waals surface area contributed by atoms with Crippen LogP contribution in [0.5, 0.6) is 0 Å². The zero-order valence-electron chi connectivity index (χ0n) is 9.82. The second-order valence-electron chi connectivity index (χ2n) is 3.85. The minimum absolute atomic E-state index is 0.0732. The first-order valence-electron chi connectivity index (χ1n) is 5.21. The number of nitriles is 1. The second-order valence-corrected chi connectivity index (χ2v) is 3.85. The van der Waals surface area contributed by atoms with Crippen molar-refractivity contribution in [1.82, 2.24) is 10.3 Å². The number of nitrogens with two attached hydrogens (primary N) is 1. The SMILES string of the molecule is CC(C)NC(=O)CNc1ncc(N)cc1C#N. The molecule has 1 rings (SSSR count). The van der Waals surface area contributed by atoms with Crippen molar-refractivity contribution in [3.63, 3.8) is 0 Å². The van der Waals surface area contributed by atoms with Gasteiger partial charge in [0.1, 0.15) is 11.9 Å². The number of anilines is 2. The Labute approximate surface area is 99.8 Å². The molecule has 0 aliphatic rings. The predicted molar refractivity (Wildman–Crippen MR) is 65.1 cm³/mol. The minimum Gasteiger partial charge on any atom is -0.397 e. The highest BCUT2D eigenvalue weighted by Gasteiger charge is 2.07. The zero-order chi connectivity index (χ0) is 12.8. The first kappa shape index (κ1) is 12.8. The van der Waals surface area contributed by atoms with E-state index in [1.807, 2.05) is 19.9 Å². The van der Waals surface area contributed by atoms with Crippen molar-refractivity contribution in [2.24, 2.45) is 0 Å². The fourth-order valence-electron chi connectivity index (χ4n) is 1.24. The Morgan fingerprint density at radius 1 is 1.65 bits per heavy atom. The van der Waals surface area contributed by atoms with E-state index in [-0.39, 0.29) is 18.5 Å². The predicted octanol–water partition coefficient (Wildman–Crippen LogP) is 0.472. The summed E-state index contributed by atoms with van der Waals surface area (Å²) in [6.07, 6.45) is 1.43. The molecule has 1 aromatic heterocycles. The van der Waals surface area contributed by atoms with Gasteiger partial charge in [0.05, 0.1) is 24.0 Å². The fraction of sp³-hybridized carbons (Fsp3) is 0.364. The summed E-state index contributed by atoms with van der Waals surface area (Å²) >= 11 is 0. The number of nitrogens with one attached hydrogen (secondary N) is 2. The smallest absolute Gasteiger partial charge is 0.239 e. The lowest BCUT2D eigenvalue weighted by Crippen LogP contribution is -2.35. The molecule has 0 aliphatic carbocycles. The van der Waals surface area contributed by atoms with Crippen molar-refractivity contribution in [1.29, 1.82) is 5.26 Å².